The van der Waals surface area contributed by atoms with E-state index < -0.39 is 6.04 Å². The first-order valence-corrected chi connectivity index (χ1v) is 8.09. The molecule has 0 radical (unpaired) electrons. The lowest BCUT2D eigenvalue weighted by molar-refractivity contribution is -0.128. The van der Waals surface area contributed by atoms with Gasteiger partial charge in [-0.05, 0) is 17.7 Å². The Bertz CT molecular complexity index is 858. The van der Waals surface area contributed by atoms with Crippen LogP contribution < -0.4 is 10.6 Å². The van der Waals surface area contributed by atoms with Gasteiger partial charge in [-0.1, -0.05) is 35.5 Å². The van der Waals surface area contributed by atoms with E-state index in [0.717, 1.165) is 0 Å². The lowest BCUT2D eigenvalue weighted by atomic mass is 10.1. The first kappa shape index (κ1) is 17.4. The van der Waals surface area contributed by atoms with Crippen molar-refractivity contribution < 1.29 is 18.5 Å². The van der Waals surface area contributed by atoms with Crippen molar-refractivity contribution in [2.75, 3.05) is 7.05 Å². The average Bonchev–Trinajstić information content (AvgIpc) is 3.36. The van der Waals surface area contributed by atoms with Gasteiger partial charge < -0.3 is 19.6 Å². The second-order valence-electron chi connectivity index (χ2n) is 5.51. The van der Waals surface area contributed by atoms with Crippen molar-refractivity contribution in [3.63, 3.8) is 0 Å². The zero-order valence-corrected chi connectivity index (χ0v) is 14.1. The van der Waals surface area contributed by atoms with Gasteiger partial charge in [0.25, 0.3) is 0 Å². The molecule has 1 unspecified atom stereocenters. The van der Waals surface area contributed by atoms with E-state index in [0.29, 0.717) is 23.0 Å². The van der Waals surface area contributed by atoms with Crippen molar-refractivity contribution in [2.24, 2.45) is 0 Å². The van der Waals surface area contributed by atoms with Gasteiger partial charge >= 0.3 is 0 Å². The molecule has 0 saturated carbocycles. The fraction of sp³-hybridized carbons (Fsp3) is 0.222. The van der Waals surface area contributed by atoms with Crippen LogP contribution in [-0.4, -0.2) is 29.0 Å². The van der Waals surface area contributed by atoms with Gasteiger partial charge in [0.2, 0.25) is 23.5 Å². The van der Waals surface area contributed by atoms with E-state index >= 15 is 0 Å². The van der Waals surface area contributed by atoms with Crippen molar-refractivity contribution in [1.29, 1.82) is 0 Å². The number of furan rings is 1. The minimum absolute atomic E-state index is 0.111. The van der Waals surface area contributed by atoms with Crippen LogP contribution in [0.5, 0.6) is 0 Å². The molecule has 0 spiro atoms. The third-order valence-electron chi connectivity index (χ3n) is 3.72. The summed E-state index contributed by atoms with van der Waals surface area (Å²) >= 11 is 0. The number of rotatable bonds is 7. The summed E-state index contributed by atoms with van der Waals surface area (Å²) in [5.74, 6) is 0.566. The quantitative estimate of drug-likeness (QED) is 0.670. The van der Waals surface area contributed by atoms with E-state index in [1.807, 2.05) is 18.2 Å². The Morgan fingerprint density at radius 1 is 1.15 bits per heavy atom. The number of hydrogen-bond acceptors (Lipinski definition) is 6. The highest BCUT2D eigenvalue weighted by Gasteiger charge is 2.22. The van der Waals surface area contributed by atoms with E-state index in [4.69, 9.17) is 8.94 Å². The molecule has 0 aliphatic carbocycles. The van der Waals surface area contributed by atoms with E-state index in [1.54, 1.807) is 24.3 Å². The van der Waals surface area contributed by atoms with E-state index in [-0.39, 0.29) is 24.7 Å². The van der Waals surface area contributed by atoms with Gasteiger partial charge in [-0.25, -0.2) is 0 Å². The van der Waals surface area contributed by atoms with Crippen LogP contribution in [0.25, 0.3) is 11.6 Å². The molecule has 0 bridgehead atoms. The Kier molecular flexibility index (Phi) is 5.43. The maximum atomic E-state index is 12.3. The summed E-state index contributed by atoms with van der Waals surface area (Å²) in [6.07, 6.45) is 1.89. The number of benzene rings is 1. The summed E-state index contributed by atoms with van der Waals surface area (Å²) in [6.45, 7) is 0. The Balaban J connectivity index is 1.59. The Labute approximate surface area is 149 Å². The molecule has 0 saturated heterocycles. The Morgan fingerprint density at radius 3 is 2.65 bits per heavy atom. The molecule has 8 nitrogen and oxygen atoms in total. The number of nitrogens with zero attached hydrogens (tertiary/aromatic N) is 2. The van der Waals surface area contributed by atoms with Gasteiger partial charge in [0.15, 0.2) is 5.76 Å². The molecule has 3 rings (SSSR count). The third-order valence-corrected chi connectivity index (χ3v) is 3.72. The lowest BCUT2D eigenvalue weighted by Gasteiger charge is -2.17. The van der Waals surface area contributed by atoms with Crippen LogP contribution >= 0.6 is 0 Å². The minimum atomic E-state index is -0.755. The topological polar surface area (TPSA) is 110 Å². The van der Waals surface area contributed by atoms with Gasteiger partial charge in [-0.15, -0.1) is 0 Å². The van der Waals surface area contributed by atoms with Crippen LogP contribution in [0.3, 0.4) is 0 Å². The van der Waals surface area contributed by atoms with Crippen LogP contribution in [0, 0.1) is 0 Å². The second kappa shape index (κ2) is 8.11. The van der Waals surface area contributed by atoms with Crippen molar-refractivity contribution in [3.8, 4) is 11.6 Å². The van der Waals surface area contributed by atoms with E-state index in [1.165, 1.54) is 13.3 Å². The summed E-state index contributed by atoms with van der Waals surface area (Å²) < 4.78 is 10.3. The maximum Gasteiger partial charge on any atom is 0.246 e. The Hall–Kier alpha value is -3.42. The zero-order chi connectivity index (χ0) is 18.4. The smallest absolute Gasteiger partial charge is 0.246 e. The standard InChI is InChI=1S/C18H18N4O4/c1-19-18(24)16(12-6-3-2-4-7-12)20-14(23)9-10-15-21-17(22-26-15)13-8-5-11-25-13/h2-8,11,16H,9-10H2,1H3,(H,19,24)(H,20,23). The molecule has 8 heteroatoms. The molecule has 2 amide bonds. The summed E-state index contributed by atoms with van der Waals surface area (Å²) in [5.41, 5.74) is 0.707. The molecule has 2 aromatic heterocycles. The van der Waals surface area contributed by atoms with Gasteiger partial charge in [0.1, 0.15) is 6.04 Å². The molecule has 2 heterocycles. The van der Waals surface area contributed by atoms with Crippen LogP contribution in [0.1, 0.15) is 23.9 Å². The molecule has 0 aliphatic rings. The molecule has 26 heavy (non-hydrogen) atoms. The Morgan fingerprint density at radius 2 is 1.96 bits per heavy atom. The van der Waals surface area contributed by atoms with Crippen LogP contribution in [0.4, 0.5) is 0 Å². The first-order valence-electron chi connectivity index (χ1n) is 8.09. The number of likely N-dealkylation sites (N-methyl/N-ethyl adjacent to an activating group) is 1. The lowest BCUT2D eigenvalue weighted by Crippen LogP contribution is -2.39. The summed E-state index contributed by atoms with van der Waals surface area (Å²) in [7, 11) is 1.53. The van der Waals surface area contributed by atoms with Gasteiger partial charge in [0.05, 0.1) is 6.26 Å². The van der Waals surface area contributed by atoms with Crippen LogP contribution in [0.2, 0.25) is 0 Å². The largest absolute Gasteiger partial charge is 0.461 e. The highest BCUT2D eigenvalue weighted by atomic mass is 16.5. The van der Waals surface area contributed by atoms with Crippen molar-refractivity contribution in [2.45, 2.75) is 18.9 Å². The molecule has 3 aromatic rings. The number of carbonyl (C=O) groups excluding carboxylic acids is 2. The molecule has 1 aromatic carbocycles. The number of aryl methyl sites for hydroxylation is 1. The predicted molar refractivity (Wildman–Crippen MR) is 91.7 cm³/mol. The van der Waals surface area contributed by atoms with Crippen LogP contribution in [-0.2, 0) is 16.0 Å². The van der Waals surface area contributed by atoms with Gasteiger partial charge in [-0.3, -0.25) is 9.59 Å². The normalized spacial score (nSPS) is 11.7. The van der Waals surface area contributed by atoms with Gasteiger partial charge in [-0.2, -0.15) is 4.98 Å². The summed E-state index contributed by atoms with van der Waals surface area (Å²) in [5, 5.41) is 9.10. The molecule has 2 N–H and O–H groups in total. The second-order valence-corrected chi connectivity index (χ2v) is 5.51. The van der Waals surface area contributed by atoms with Crippen molar-refractivity contribution >= 4 is 11.8 Å². The minimum Gasteiger partial charge on any atom is -0.461 e. The molecule has 0 fully saturated rings. The third kappa shape index (κ3) is 4.15. The molecular formula is C18H18N4O4. The monoisotopic (exact) mass is 354 g/mol. The van der Waals surface area contributed by atoms with Crippen LogP contribution in [0.15, 0.2) is 57.7 Å². The van der Waals surface area contributed by atoms with Crippen molar-refractivity contribution in [1.82, 2.24) is 20.8 Å². The maximum absolute atomic E-state index is 12.3. The predicted octanol–water partition coefficient (Wildman–Crippen LogP) is 1.87. The average molecular weight is 354 g/mol. The van der Waals surface area contributed by atoms with E-state index in [2.05, 4.69) is 20.8 Å². The van der Waals surface area contributed by atoms with Crippen molar-refractivity contribution in [3.05, 3.63) is 60.2 Å². The number of aromatic nitrogens is 2. The highest BCUT2D eigenvalue weighted by Crippen LogP contribution is 2.17. The zero-order valence-electron chi connectivity index (χ0n) is 14.1. The summed E-state index contributed by atoms with van der Waals surface area (Å²) in [4.78, 5) is 28.5. The number of hydrogen-bond donors (Lipinski definition) is 2. The van der Waals surface area contributed by atoms with E-state index in [9.17, 15) is 9.59 Å². The number of nitrogens with one attached hydrogen (secondary N) is 2. The SMILES string of the molecule is CNC(=O)C(NC(=O)CCc1nc(-c2ccco2)no1)c1ccccc1. The molecule has 0 aliphatic heterocycles. The number of amides is 2. The summed E-state index contributed by atoms with van der Waals surface area (Å²) in [6, 6.07) is 11.7. The fourth-order valence-electron chi connectivity index (χ4n) is 2.41. The molecular weight excluding hydrogens is 336 g/mol. The van der Waals surface area contributed by atoms with Gasteiger partial charge in [0, 0.05) is 19.9 Å². The number of carbonyl (C=O) groups is 2. The highest BCUT2D eigenvalue weighted by molar-refractivity contribution is 5.88. The molecule has 1 atom stereocenters. The molecule has 134 valence electrons. The fourth-order valence-corrected chi connectivity index (χ4v) is 2.41. The first-order chi connectivity index (χ1) is 12.7.